The largest absolute Gasteiger partial charge is 0.467 e. The number of carbonyl (C=O) groups is 3. The summed E-state index contributed by atoms with van der Waals surface area (Å²) in [4.78, 5) is 41.1. The van der Waals surface area contributed by atoms with Crippen molar-refractivity contribution in [2.45, 2.75) is 12.6 Å². The quantitative estimate of drug-likeness (QED) is 0.360. The van der Waals surface area contributed by atoms with Crippen molar-refractivity contribution in [1.82, 2.24) is 10.6 Å². The van der Waals surface area contributed by atoms with Gasteiger partial charge >= 0.3 is 0 Å². The standard InChI is InChI=1S/C27H23N3O7/c31-24(16-29-26(32)22-9-5-13-35-22)30(19-10-11-21-23(14-19)37-17-36-21)25(18-6-2-1-3-7-18)27(33)28-15-20-8-4-12-34-20/h1-14,25H,15-17H2,(H,28,33)(H,29,32). The lowest BCUT2D eigenvalue weighted by atomic mass is 10.0. The minimum Gasteiger partial charge on any atom is -0.467 e. The maximum Gasteiger partial charge on any atom is 0.287 e. The van der Waals surface area contributed by atoms with Crippen LogP contribution in [0.15, 0.2) is 94.2 Å². The third-order valence-corrected chi connectivity index (χ3v) is 5.69. The molecule has 1 unspecified atom stereocenters. The van der Waals surface area contributed by atoms with E-state index in [0.29, 0.717) is 28.5 Å². The lowest BCUT2D eigenvalue weighted by Gasteiger charge is -2.31. The van der Waals surface area contributed by atoms with Crippen LogP contribution in [0.25, 0.3) is 0 Å². The molecule has 1 aliphatic rings. The number of anilines is 1. The number of furan rings is 2. The molecule has 4 aromatic rings. The predicted octanol–water partition coefficient (Wildman–Crippen LogP) is 3.42. The van der Waals surface area contributed by atoms with Gasteiger partial charge in [0.2, 0.25) is 18.6 Å². The van der Waals surface area contributed by atoms with Crippen molar-refractivity contribution in [1.29, 1.82) is 0 Å². The molecule has 1 atom stereocenters. The average Bonchev–Trinajstić information content (AvgIpc) is 3.72. The number of nitrogens with zero attached hydrogens (tertiary/aromatic N) is 1. The molecule has 0 fully saturated rings. The summed E-state index contributed by atoms with van der Waals surface area (Å²) in [6.07, 6.45) is 2.88. The van der Waals surface area contributed by atoms with E-state index in [0.717, 1.165) is 0 Å². The van der Waals surface area contributed by atoms with Crippen molar-refractivity contribution < 1.29 is 32.7 Å². The Bertz CT molecular complexity index is 1370. The molecule has 0 saturated heterocycles. The number of fused-ring (bicyclic) bond motifs is 1. The molecule has 2 N–H and O–H groups in total. The highest BCUT2D eigenvalue weighted by molar-refractivity contribution is 6.04. The van der Waals surface area contributed by atoms with E-state index in [9.17, 15) is 14.4 Å². The van der Waals surface area contributed by atoms with E-state index < -0.39 is 23.8 Å². The highest BCUT2D eigenvalue weighted by Gasteiger charge is 2.34. The summed E-state index contributed by atoms with van der Waals surface area (Å²) in [5.41, 5.74) is 0.964. The minimum atomic E-state index is -1.07. The van der Waals surface area contributed by atoms with E-state index in [4.69, 9.17) is 18.3 Å². The highest BCUT2D eigenvalue weighted by atomic mass is 16.7. The fourth-order valence-corrected chi connectivity index (χ4v) is 3.95. The Morgan fingerprint density at radius 3 is 2.38 bits per heavy atom. The van der Waals surface area contributed by atoms with Crippen molar-refractivity contribution in [3.05, 3.63) is 102 Å². The number of hydrogen-bond acceptors (Lipinski definition) is 7. The first kappa shape index (κ1) is 23.7. The van der Waals surface area contributed by atoms with E-state index in [1.54, 1.807) is 60.7 Å². The maximum atomic E-state index is 13.7. The first-order valence-corrected chi connectivity index (χ1v) is 11.5. The van der Waals surface area contributed by atoms with Gasteiger partial charge in [-0.15, -0.1) is 0 Å². The maximum absolute atomic E-state index is 13.7. The Hall–Kier alpha value is -4.99. The Morgan fingerprint density at radius 1 is 0.838 bits per heavy atom. The second-order valence-corrected chi connectivity index (χ2v) is 8.07. The highest BCUT2D eigenvalue weighted by Crippen LogP contribution is 2.38. The smallest absolute Gasteiger partial charge is 0.287 e. The summed E-state index contributed by atoms with van der Waals surface area (Å²) in [7, 11) is 0. The van der Waals surface area contributed by atoms with Crippen LogP contribution in [0.3, 0.4) is 0 Å². The molecule has 0 saturated carbocycles. The zero-order chi connectivity index (χ0) is 25.6. The van der Waals surface area contributed by atoms with Crippen LogP contribution in [-0.2, 0) is 16.1 Å². The van der Waals surface area contributed by atoms with Gasteiger partial charge in [-0.3, -0.25) is 19.3 Å². The van der Waals surface area contributed by atoms with E-state index in [1.807, 2.05) is 6.07 Å². The monoisotopic (exact) mass is 501 g/mol. The predicted molar refractivity (Wildman–Crippen MR) is 131 cm³/mol. The van der Waals surface area contributed by atoms with Gasteiger partial charge in [-0.25, -0.2) is 0 Å². The number of amides is 3. The number of carbonyl (C=O) groups excluding carboxylic acids is 3. The summed E-state index contributed by atoms with van der Waals surface area (Å²) in [5.74, 6) is 0.0814. The van der Waals surface area contributed by atoms with E-state index in [2.05, 4.69) is 10.6 Å². The number of hydrogen-bond donors (Lipinski definition) is 2. The van der Waals surface area contributed by atoms with Gasteiger partial charge in [0.1, 0.15) is 11.8 Å². The second-order valence-electron chi connectivity index (χ2n) is 8.07. The molecular formula is C27H23N3O7. The van der Waals surface area contributed by atoms with E-state index >= 15 is 0 Å². The molecular weight excluding hydrogens is 478 g/mol. The summed E-state index contributed by atoms with van der Waals surface area (Å²) >= 11 is 0. The molecule has 0 radical (unpaired) electrons. The Kier molecular flexibility index (Phi) is 6.89. The van der Waals surface area contributed by atoms with Gasteiger partial charge in [0.25, 0.3) is 5.91 Å². The van der Waals surface area contributed by atoms with Crippen molar-refractivity contribution in [2.24, 2.45) is 0 Å². The Morgan fingerprint density at radius 2 is 1.62 bits per heavy atom. The number of rotatable bonds is 9. The van der Waals surface area contributed by atoms with Crippen LogP contribution < -0.4 is 25.0 Å². The molecule has 0 aliphatic carbocycles. The Balaban J connectivity index is 1.48. The molecule has 10 heteroatoms. The molecule has 2 aromatic heterocycles. The van der Waals surface area contributed by atoms with Gasteiger partial charge < -0.3 is 28.9 Å². The first-order valence-electron chi connectivity index (χ1n) is 11.5. The lowest BCUT2D eigenvalue weighted by Crippen LogP contribution is -2.47. The Labute approximate surface area is 211 Å². The molecule has 1 aliphatic heterocycles. The van der Waals surface area contributed by atoms with Crippen molar-refractivity contribution in [3.63, 3.8) is 0 Å². The molecule has 0 bridgehead atoms. The molecule has 3 heterocycles. The first-order chi connectivity index (χ1) is 18.1. The summed E-state index contributed by atoms with van der Waals surface area (Å²) in [5, 5.41) is 5.40. The molecule has 37 heavy (non-hydrogen) atoms. The zero-order valence-corrected chi connectivity index (χ0v) is 19.6. The van der Waals surface area contributed by atoms with Crippen LogP contribution >= 0.6 is 0 Å². The van der Waals surface area contributed by atoms with Crippen LogP contribution in [0, 0.1) is 0 Å². The van der Waals surface area contributed by atoms with Crippen molar-refractivity contribution in [2.75, 3.05) is 18.2 Å². The number of ether oxygens (including phenoxy) is 2. The molecule has 5 rings (SSSR count). The van der Waals surface area contributed by atoms with Gasteiger partial charge in [-0.2, -0.15) is 0 Å². The van der Waals surface area contributed by atoms with Gasteiger partial charge in [0, 0.05) is 11.8 Å². The van der Waals surface area contributed by atoms with Gasteiger partial charge in [0.15, 0.2) is 17.3 Å². The van der Waals surface area contributed by atoms with Gasteiger partial charge in [0.05, 0.1) is 25.6 Å². The third kappa shape index (κ3) is 5.32. The minimum absolute atomic E-state index is 0.0533. The number of nitrogens with one attached hydrogen (secondary N) is 2. The van der Waals surface area contributed by atoms with E-state index in [1.165, 1.54) is 23.5 Å². The fourth-order valence-electron chi connectivity index (χ4n) is 3.95. The van der Waals surface area contributed by atoms with Crippen molar-refractivity contribution in [3.8, 4) is 11.5 Å². The molecule has 3 amide bonds. The average molecular weight is 501 g/mol. The van der Waals surface area contributed by atoms with Crippen LogP contribution in [0.4, 0.5) is 5.69 Å². The fraction of sp³-hybridized carbons (Fsp3) is 0.148. The summed E-state index contributed by atoms with van der Waals surface area (Å²) in [6, 6.07) is 19.3. The molecule has 2 aromatic carbocycles. The number of benzene rings is 2. The SMILES string of the molecule is O=C(NCC(=O)N(c1ccc2c(c1)OCO2)C(C(=O)NCc1ccco1)c1ccccc1)c1ccco1. The zero-order valence-electron chi connectivity index (χ0n) is 19.6. The van der Waals surface area contributed by atoms with Crippen LogP contribution in [0.5, 0.6) is 11.5 Å². The lowest BCUT2D eigenvalue weighted by molar-refractivity contribution is -0.126. The van der Waals surface area contributed by atoms with E-state index in [-0.39, 0.29) is 25.6 Å². The summed E-state index contributed by atoms with van der Waals surface area (Å²) in [6.45, 7) is -0.200. The molecule has 10 nitrogen and oxygen atoms in total. The second kappa shape index (κ2) is 10.7. The molecule has 188 valence electrons. The normalized spacial score (nSPS) is 12.5. The van der Waals surface area contributed by atoms with Gasteiger partial charge in [-0.1, -0.05) is 30.3 Å². The van der Waals surface area contributed by atoms with Gasteiger partial charge in [-0.05, 0) is 42.0 Å². The summed E-state index contributed by atoms with van der Waals surface area (Å²) < 4.78 is 21.3. The molecule has 0 spiro atoms. The van der Waals surface area contributed by atoms with Crippen molar-refractivity contribution >= 4 is 23.4 Å². The van der Waals surface area contributed by atoms with Crippen LogP contribution in [-0.4, -0.2) is 31.1 Å². The van der Waals surface area contributed by atoms with Crippen LogP contribution in [0.2, 0.25) is 0 Å². The van der Waals surface area contributed by atoms with Crippen LogP contribution in [0.1, 0.15) is 27.9 Å². The topological polar surface area (TPSA) is 123 Å². The third-order valence-electron chi connectivity index (χ3n) is 5.69.